The second-order valence-corrected chi connectivity index (χ2v) is 7.79. The van der Waals surface area contributed by atoms with Crippen molar-refractivity contribution in [2.24, 2.45) is 0 Å². The molecule has 3 aromatic rings. The number of carbonyl (C=O) groups is 1. The molecule has 24 heavy (non-hydrogen) atoms. The third-order valence-corrected chi connectivity index (χ3v) is 5.70. The molecule has 0 unspecified atom stereocenters. The Morgan fingerprint density at radius 3 is 2.46 bits per heavy atom. The molecule has 122 valence electrons. The molecule has 0 atom stereocenters. The second-order valence-electron chi connectivity index (χ2n) is 5.06. The van der Waals surface area contributed by atoms with Crippen LogP contribution in [-0.2, 0) is 14.8 Å². The molecule has 3 rings (SSSR count). The maximum absolute atomic E-state index is 12.8. The average molecular weight is 406 g/mol. The van der Waals surface area contributed by atoms with Gasteiger partial charge in [-0.1, -0.05) is 28.1 Å². The van der Waals surface area contributed by atoms with Crippen molar-refractivity contribution < 1.29 is 18.3 Å². The summed E-state index contributed by atoms with van der Waals surface area (Å²) in [4.78, 5) is 10.8. The van der Waals surface area contributed by atoms with Crippen molar-refractivity contribution in [3.05, 3.63) is 70.8 Å². The molecule has 0 radical (unpaired) electrons. The van der Waals surface area contributed by atoms with Crippen LogP contribution in [0.3, 0.4) is 0 Å². The van der Waals surface area contributed by atoms with Crippen molar-refractivity contribution >= 4 is 48.9 Å². The van der Waals surface area contributed by atoms with Crippen LogP contribution < -0.4 is 0 Å². The third-order valence-electron chi connectivity index (χ3n) is 3.47. The smallest absolute Gasteiger partial charge is 0.328 e. The number of carboxylic acids is 1. The number of hydrogen-bond donors (Lipinski definition) is 1. The first kappa shape index (κ1) is 16.5. The summed E-state index contributed by atoms with van der Waals surface area (Å²) >= 11 is 3.28. The lowest BCUT2D eigenvalue weighted by molar-refractivity contribution is -0.131. The van der Waals surface area contributed by atoms with E-state index in [-0.39, 0.29) is 4.90 Å². The third kappa shape index (κ3) is 3.13. The maximum atomic E-state index is 12.8. The van der Waals surface area contributed by atoms with Gasteiger partial charge in [-0.15, -0.1) is 0 Å². The molecule has 0 aliphatic carbocycles. The van der Waals surface area contributed by atoms with E-state index in [0.717, 1.165) is 15.9 Å². The van der Waals surface area contributed by atoms with Gasteiger partial charge in [-0.2, -0.15) is 0 Å². The minimum atomic E-state index is -3.73. The molecule has 0 fully saturated rings. The van der Waals surface area contributed by atoms with Gasteiger partial charge in [0.05, 0.1) is 10.4 Å². The first-order valence-corrected chi connectivity index (χ1v) is 9.14. The van der Waals surface area contributed by atoms with E-state index in [1.54, 1.807) is 36.4 Å². The van der Waals surface area contributed by atoms with Gasteiger partial charge >= 0.3 is 5.97 Å². The summed E-state index contributed by atoms with van der Waals surface area (Å²) in [6.45, 7) is 0. The summed E-state index contributed by atoms with van der Waals surface area (Å²) < 4.78 is 27.7. The lowest BCUT2D eigenvalue weighted by Gasteiger charge is -2.08. The number of benzene rings is 2. The summed E-state index contributed by atoms with van der Waals surface area (Å²) in [6.07, 6.45) is 3.93. The number of fused-ring (bicyclic) bond motifs is 1. The van der Waals surface area contributed by atoms with Crippen LogP contribution in [-0.4, -0.2) is 23.5 Å². The van der Waals surface area contributed by atoms with E-state index in [0.29, 0.717) is 11.1 Å². The van der Waals surface area contributed by atoms with Crippen molar-refractivity contribution in [1.29, 1.82) is 0 Å². The molecule has 2 aromatic carbocycles. The van der Waals surface area contributed by atoms with Crippen LogP contribution in [0, 0.1) is 0 Å². The molecule has 0 saturated heterocycles. The van der Waals surface area contributed by atoms with Gasteiger partial charge in [-0.25, -0.2) is 17.2 Å². The predicted molar refractivity (Wildman–Crippen MR) is 95.3 cm³/mol. The molecule has 0 aliphatic rings. The van der Waals surface area contributed by atoms with Gasteiger partial charge in [0.15, 0.2) is 0 Å². The van der Waals surface area contributed by atoms with E-state index in [1.807, 2.05) is 0 Å². The molecule has 0 aliphatic heterocycles. The monoisotopic (exact) mass is 405 g/mol. The normalized spacial score (nSPS) is 12.0. The molecule has 0 saturated carbocycles. The summed E-state index contributed by atoms with van der Waals surface area (Å²) in [7, 11) is -3.73. The van der Waals surface area contributed by atoms with Gasteiger partial charge < -0.3 is 5.11 Å². The van der Waals surface area contributed by atoms with Crippen LogP contribution in [0.15, 0.2) is 70.2 Å². The molecule has 1 aromatic heterocycles. The number of nitrogens with zero attached hydrogens (tertiary/aromatic N) is 1. The van der Waals surface area contributed by atoms with E-state index in [2.05, 4.69) is 15.9 Å². The molecule has 1 N–H and O–H groups in total. The fraction of sp³-hybridized carbons (Fsp3) is 0. The molecule has 5 nitrogen and oxygen atoms in total. The number of hydrogen-bond acceptors (Lipinski definition) is 3. The first-order chi connectivity index (χ1) is 11.4. The molecule has 7 heteroatoms. The van der Waals surface area contributed by atoms with E-state index in [9.17, 15) is 13.2 Å². The van der Waals surface area contributed by atoms with Gasteiger partial charge in [0.1, 0.15) is 0 Å². The largest absolute Gasteiger partial charge is 0.478 e. The van der Waals surface area contributed by atoms with E-state index >= 15 is 0 Å². The van der Waals surface area contributed by atoms with Gasteiger partial charge in [0.2, 0.25) is 0 Å². The Balaban J connectivity index is 2.13. The van der Waals surface area contributed by atoms with Gasteiger partial charge in [0, 0.05) is 22.1 Å². The maximum Gasteiger partial charge on any atom is 0.328 e. The Morgan fingerprint density at radius 2 is 1.79 bits per heavy atom. The van der Waals surface area contributed by atoms with Crippen LogP contribution in [0.1, 0.15) is 5.56 Å². The Labute approximate surface area is 147 Å². The molecular weight excluding hydrogens is 394 g/mol. The van der Waals surface area contributed by atoms with Crippen molar-refractivity contribution in [2.45, 2.75) is 4.90 Å². The van der Waals surface area contributed by atoms with Crippen LogP contribution in [0.5, 0.6) is 0 Å². The topological polar surface area (TPSA) is 76.4 Å². The minimum Gasteiger partial charge on any atom is -0.478 e. The number of aromatic nitrogens is 1. The fourth-order valence-electron chi connectivity index (χ4n) is 2.32. The van der Waals surface area contributed by atoms with Crippen molar-refractivity contribution in [3.63, 3.8) is 0 Å². The van der Waals surface area contributed by atoms with E-state index < -0.39 is 16.0 Å². The Bertz CT molecular complexity index is 1050. The van der Waals surface area contributed by atoms with Crippen molar-refractivity contribution in [3.8, 4) is 0 Å². The molecular formula is C17H12BrNO4S. The van der Waals surface area contributed by atoms with Gasteiger partial charge in [-0.05, 0) is 48.0 Å². The number of aliphatic carboxylic acids is 1. The summed E-state index contributed by atoms with van der Waals surface area (Å²) in [6, 6.07) is 13.2. The first-order valence-electron chi connectivity index (χ1n) is 6.91. The van der Waals surface area contributed by atoms with Crippen LogP contribution in [0.25, 0.3) is 17.0 Å². The zero-order valence-corrected chi connectivity index (χ0v) is 14.7. The molecule has 0 spiro atoms. The highest BCUT2D eigenvalue weighted by molar-refractivity contribution is 9.10. The zero-order chi connectivity index (χ0) is 17.3. The fourth-order valence-corrected chi connectivity index (χ4v) is 3.93. The van der Waals surface area contributed by atoms with Crippen LogP contribution in [0.2, 0.25) is 0 Å². The van der Waals surface area contributed by atoms with Crippen LogP contribution in [0.4, 0.5) is 0 Å². The van der Waals surface area contributed by atoms with E-state index in [1.165, 1.54) is 28.4 Å². The lowest BCUT2D eigenvalue weighted by atomic mass is 10.1. The molecule has 1 heterocycles. The average Bonchev–Trinajstić information content (AvgIpc) is 2.97. The lowest BCUT2D eigenvalue weighted by Crippen LogP contribution is -2.11. The SMILES string of the molecule is O=C(O)/C=C/c1ccc2ccn(S(=O)(=O)c3ccc(Br)cc3)c2c1. The van der Waals surface area contributed by atoms with E-state index in [4.69, 9.17) is 5.11 Å². The number of halogens is 1. The highest BCUT2D eigenvalue weighted by Crippen LogP contribution is 2.24. The Hall–Kier alpha value is -2.38. The molecule has 0 bridgehead atoms. The Morgan fingerprint density at radius 1 is 1.08 bits per heavy atom. The van der Waals surface area contributed by atoms with Gasteiger partial charge in [-0.3, -0.25) is 0 Å². The predicted octanol–water partition coefficient (Wildman–Crippen LogP) is 3.74. The number of carboxylic acid groups (broad SMARTS) is 1. The van der Waals surface area contributed by atoms with Crippen molar-refractivity contribution in [1.82, 2.24) is 3.97 Å². The van der Waals surface area contributed by atoms with Gasteiger partial charge in [0.25, 0.3) is 10.0 Å². The zero-order valence-electron chi connectivity index (χ0n) is 12.3. The second kappa shape index (κ2) is 6.26. The minimum absolute atomic E-state index is 0.176. The Kier molecular flexibility index (Phi) is 4.29. The standard InChI is InChI=1S/C17H12BrNO4S/c18-14-4-6-15(7-5-14)24(22,23)19-10-9-13-3-1-12(11-16(13)19)2-8-17(20)21/h1-11H,(H,20,21)/b8-2+. The molecule has 0 amide bonds. The van der Waals surface area contributed by atoms with Crippen molar-refractivity contribution in [2.75, 3.05) is 0 Å². The highest BCUT2D eigenvalue weighted by atomic mass is 79.9. The highest BCUT2D eigenvalue weighted by Gasteiger charge is 2.18. The summed E-state index contributed by atoms with van der Waals surface area (Å²) in [5.74, 6) is -1.06. The summed E-state index contributed by atoms with van der Waals surface area (Å²) in [5.41, 5.74) is 1.10. The summed E-state index contributed by atoms with van der Waals surface area (Å²) in [5, 5.41) is 9.46. The quantitative estimate of drug-likeness (QED) is 0.670. The van der Waals surface area contributed by atoms with Crippen LogP contribution >= 0.6 is 15.9 Å². The number of rotatable bonds is 4.